The van der Waals surface area contributed by atoms with Crippen molar-refractivity contribution in [2.24, 2.45) is 0 Å². The average molecular weight is 312 g/mol. The molecule has 7 heteroatoms. The lowest BCUT2D eigenvalue weighted by Crippen LogP contribution is -2.48. The van der Waals surface area contributed by atoms with Crippen molar-refractivity contribution in [1.29, 1.82) is 0 Å². The molecule has 112 valence electrons. The second kappa shape index (κ2) is 4.98. The van der Waals surface area contributed by atoms with Crippen LogP contribution in [-0.2, 0) is 9.59 Å². The predicted octanol–water partition coefficient (Wildman–Crippen LogP) is 2.36. The van der Waals surface area contributed by atoms with Crippen LogP contribution in [0.3, 0.4) is 0 Å². The molecular formula is C14H14F2N2O2S. The molecule has 0 unspecified atom stereocenters. The van der Waals surface area contributed by atoms with Crippen LogP contribution in [0.25, 0.3) is 0 Å². The number of rotatable bonds is 2. The van der Waals surface area contributed by atoms with Crippen LogP contribution in [-0.4, -0.2) is 33.4 Å². The fourth-order valence-electron chi connectivity index (χ4n) is 2.81. The molecule has 3 rings (SSSR count). The van der Waals surface area contributed by atoms with Gasteiger partial charge in [0.05, 0.1) is 4.87 Å². The number of hydrogen-bond donors (Lipinski definition) is 1. The molecule has 2 amide bonds. The van der Waals surface area contributed by atoms with E-state index in [4.69, 9.17) is 0 Å². The third-order valence-electron chi connectivity index (χ3n) is 3.93. The second-order valence-corrected chi connectivity index (χ2v) is 6.89. The summed E-state index contributed by atoms with van der Waals surface area (Å²) < 4.78 is 26.0. The maximum Gasteiger partial charge on any atom is 0.248 e. The summed E-state index contributed by atoms with van der Waals surface area (Å²) in [6.45, 7) is 1.95. The molecule has 2 aliphatic heterocycles. The largest absolute Gasteiger partial charge is 0.324 e. The van der Waals surface area contributed by atoms with Gasteiger partial charge in [0.1, 0.15) is 6.04 Å². The zero-order valence-electron chi connectivity index (χ0n) is 11.4. The first-order valence-corrected chi connectivity index (χ1v) is 7.61. The van der Waals surface area contributed by atoms with Crippen molar-refractivity contribution in [2.75, 3.05) is 11.1 Å². The molecule has 2 heterocycles. The number of carbonyl (C=O) groups excluding carboxylic acids is 2. The van der Waals surface area contributed by atoms with Crippen LogP contribution in [0.4, 0.5) is 14.5 Å². The Labute approximate surface area is 124 Å². The van der Waals surface area contributed by atoms with Gasteiger partial charge in [-0.25, -0.2) is 8.78 Å². The van der Waals surface area contributed by atoms with Gasteiger partial charge >= 0.3 is 0 Å². The number of anilines is 1. The predicted molar refractivity (Wildman–Crippen MR) is 75.7 cm³/mol. The third-order valence-corrected chi connectivity index (χ3v) is 5.44. The first-order chi connectivity index (χ1) is 9.90. The lowest BCUT2D eigenvalue weighted by molar-refractivity contribution is -0.135. The Morgan fingerprint density at radius 2 is 2.19 bits per heavy atom. The summed E-state index contributed by atoms with van der Waals surface area (Å²) in [5, 5.41) is 2.55. The minimum Gasteiger partial charge on any atom is -0.324 e. The van der Waals surface area contributed by atoms with Crippen LogP contribution >= 0.6 is 11.8 Å². The number of halogens is 2. The van der Waals surface area contributed by atoms with E-state index >= 15 is 0 Å². The molecular weight excluding hydrogens is 298 g/mol. The van der Waals surface area contributed by atoms with E-state index in [1.165, 1.54) is 6.07 Å². The van der Waals surface area contributed by atoms with E-state index < -0.39 is 17.7 Å². The topological polar surface area (TPSA) is 49.4 Å². The maximum absolute atomic E-state index is 13.1. The lowest BCUT2D eigenvalue weighted by Gasteiger charge is -2.29. The molecule has 1 N–H and O–H groups in total. The Kier molecular flexibility index (Phi) is 3.39. The Hall–Kier alpha value is -1.63. The molecule has 0 saturated carbocycles. The molecule has 0 spiro atoms. The first kappa shape index (κ1) is 14.3. The van der Waals surface area contributed by atoms with E-state index in [0.29, 0.717) is 12.2 Å². The van der Waals surface area contributed by atoms with Crippen molar-refractivity contribution in [1.82, 2.24) is 4.90 Å². The molecule has 1 aromatic rings. The van der Waals surface area contributed by atoms with Gasteiger partial charge in [-0.1, -0.05) is 0 Å². The van der Waals surface area contributed by atoms with Crippen molar-refractivity contribution in [3.8, 4) is 0 Å². The summed E-state index contributed by atoms with van der Waals surface area (Å²) in [6, 6.07) is 2.62. The first-order valence-electron chi connectivity index (χ1n) is 6.63. The van der Waals surface area contributed by atoms with Gasteiger partial charge in [0.2, 0.25) is 11.8 Å². The molecule has 2 saturated heterocycles. The fraction of sp³-hybridized carbons (Fsp3) is 0.429. The van der Waals surface area contributed by atoms with E-state index in [9.17, 15) is 18.4 Å². The highest BCUT2D eigenvalue weighted by atomic mass is 32.2. The summed E-state index contributed by atoms with van der Waals surface area (Å²) in [4.78, 5) is 25.5. The summed E-state index contributed by atoms with van der Waals surface area (Å²) in [7, 11) is 0. The Balaban J connectivity index is 1.77. The minimum atomic E-state index is -1.02. The van der Waals surface area contributed by atoms with Gasteiger partial charge in [0, 0.05) is 23.9 Å². The Morgan fingerprint density at radius 3 is 2.90 bits per heavy atom. The summed E-state index contributed by atoms with van der Waals surface area (Å²) >= 11 is 1.58. The van der Waals surface area contributed by atoms with Crippen molar-refractivity contribution in [2.45, 2.75) is 30.7 Å². The van der Waals surface area contributed by atoms with Crippen LogP contribution in [0, 0.1) is 11.6 Å². The summed E-state index contributed by atoms with van der Waals surface area (Å²) in [5.74, 6) is -1.87. The van der Waals surface area contributed by atoms with Gasteiger partial charge in [0.25, 0.3) is 0 Å². The second-order valence-electron chi connectivity index (χ2n) is 5.38. The van der Waals surface area contributed by atoms with Crippen LogP contribution in [0.5, 0.6) is 0 Å². The number of hydrogen-bond acceptors (Lipinski definition) is 3. The molecule has 4 nitrogen and oxygen atoms in total. The van der Waals surface area contributed by atoms with Gasteiger partial charge in [0.15, 0.2) is 11.6 Å². The Morgan fingerprint density at radius 1 is 1.43 bits per heavy atom. The number of fused-ring (bicyclic) bond motifs is 1. The zero-order valence-corrected chi connectivity index (χ0v) is 12.2. The van der Waals surface area contributed by atoms with Crippen molar-refractivity contribution in [3.05, 3.63) is 29.8 Å². The number of nitrogens with zero attached hydrogens (tertiary/aromatic N) is 1. The highest BCUT2D eigenvalue weighted by Gasteiger charge is 2.52. The molecule has 0 aliphatic carbocycles. The van der Waals surface area contributed by atoms with Crippen LogP contribution in [0.15, 0.2) is 18.2 Å². The van der Waals surface area contributed by atoms with Gasteiger partial charge in [-0.05, 0) is 25.5 Å². The standard InChI is InChI=1S/C14H14F2N2O2S/c1-14-5-4-12(19)18(14)11(7-21-14)13(20)17-8-2-3-9(15)10(16)6-8/h2-3,6,11H,4-5,7H2,1H3,(H,17,20)/t11-,14-/m0/s1. The van der Waals surface area contributed by atoms with E-state index in [0.717, 1.165) is 18.6 Å². The molecule has 1 aromatic carbocycles. The van der Waals surface area contributed by atoms with E-state index in [1.54, 1.807) is 16.7 Å². The van der Waals surface area contributed by atoms with Gasteiger partial charge in [-0.15, -0.1) is 11.8 Å². The van der Waals surface area contributed by atoms with E-state index in [1.807, 2.05) is 6.92 Å². The minimum absolute atomic E-state index is 0.0343. The SMILES string of the molecule is C[C@]12CCC(=O)N1[C@H](C(=O)Nc1ccc(F)c(F)c1)CS2. The molecule has 2 aliphatic rings. The highest BCUT2D eigenvalue weighted by Crippen LogP contribution is 2.47. The molecule has 0 bridgehead atoms. The van der Waals surface area contributed by atoms with Crippen LogP contribution in [0.1, 0.15) is 19.8 Å². The van der Waals surface area contributed by atoms with Crippen molar-refractivity contribution >= 4 is 29.3 Å². The van der Waals surface area contributed by atoms with Gasteiger partial charge < -0.3 is 10.2 Å². The van der Waals surface area contributed by atoms with Gasteiger partial charge in [-0.3, -0.25) is 9.59 Å². The smallest absolute Gasteiger partial charge is 0.248 e. The Bertz CT molecular complexity index is 625. The highest BCUT2D eigenvalue weighted by molar-refractivity contribution is 8.01. The molecule has 0 radical (unpaired) electrons. The number of benzene rings is 1. The van der Waals surface area contributed by atoms with E-state index in [2.05, 4.69) is 5.32 Å². The monoisotopic (exact) mass is 312 g/mol. The van der Waals surface area contributed by atoms with E-state index in [-0.39, 0.29) is 22.4 Å². The average Bonchev–Trinajstić information content (AvgIpc) is 2.91. The third kappa shape index (κ3) is 2.39. The quantitative estimate of drug-likeness (QED) is 0.912. The number of thioether (sulfide) groups is 1. The van der Waals surface area contributed by atoms with Crippen molar-refractivity contribution < 1.29 is 18.4 Å². The van der Waals surface area contributed by atoms with Crippen LogP contribution < -0.4 is 5.32 Å². The van der Waals surface area contributed by atoms with Crippen LogP contribution in [0.2, 0.25) is 0 Å². The van der Waals surface area contributed by atoms with Gasteiger partial charge in [-0.2, -0.15) is 0 Å². The number of amides is 2. The number of carbonyl (C=O) groups is 2. The molecule has 21 heavy (non-hydrogen) atoms. The maximum atomic E-state index is 13.1. The summed E-state index contributed by atoms with van der Waals surface area (Å²) in [6.07, 6.45) is 1.17. The lowest BCUT2D eigenvalue weighted by atomic mass is 10.2. The van der Waals surface area contributed by atoms with Crippen molar-refractivity contribution in [3.63, 3.8) is 0 Å². The fourth-order valence-corrected chi connectivity index (χ4v) is 4.25. The number of nitrogens with one attached hydrogen (secondary N) is 1. The zero-order chi connectivity index (χ0) is 15.2. The molecule has 2 fully saturated rings. The molecule has 0 aromatic heterocycles. The normalized spacial score (nSPS) is 27.9. The summed E-state index contributed by atoms with van der Waals surface area (Å²) in [5.41, 5.74) is 0.184. The molecule has 2 atom stereocenters.